The van der Waals surface area contributed by atoms with Gasteiger partial charge in [-0.2, -0.15) is 0 Å². The third-order valence-electron chi connectivity index (χ3n) is 3.73. The van der Waals surface area contributed by atoms with Gasteiger partial charge in [0.1, 0.15) is 18.0 Å². The quantitative estimate of drug-likeness (QED) is 0.872. The Bertz CT molecular complexity index is 366. The molecule has 4 heteroatoms. The van der Waals surface area contributed by atoms with Crippen LogP contribution in [0.4, 0.5) is 11.6 Å². The third-order valence-corrected chi connectivity index (χ3v) is 3.73. The van der Waals surface area contributed by atoms with Gasteiger partial charge in [-0.3, -0.25) is 0 Å². The van der Waals surface area contributed by atoms with E-state index in [1.165, 1.54) is 25.7 Å². The van der Waals surface area contributed by atoms with Gasteiger partial charge in [0, 0.05) is 26.2 Å². The van der Waals surface area contributed by atoms with Gasteiger partial charge < -0.3 is 10.2 Å². The zero-order valence-corrected chi connectivity index (χ0v) is 11.0. The molecule has 1 heterocycles. The largest absolute Gasteiger partial charge is 0.373 e. The van der Waals surface area contributed by atoms with E-state index in [0.717, 1.165) is 17.6 Å². The third kappa shape index (κ3) is 2.87. The molecule has 0 spiro atoms. The molecule has 4 nitrogen and oxygen atoms in total. The molecule has 1 aliphatic rings. The van der Waals surface area contributed by atoms with Crippen LogP contribution in [0.5, 0.6) is 0 Å². The summed E-state index contributed by atoms with van der Waals surface area (Å²) in [4.78, 5) is 10.8. The normalized spacial score (nSPS) is 24.4. The van der Waals surface area contributed by atoms with E-state index in [2.05, 4.69) is 34.2 Å². The maximum atomic E-state index is 4.36. The Morgan fingerprint density at radius 2 is 2.18 bits per heavy atom. The first-order valence-corrected chi connectivity index (χ1v) is 6.43. The van der Waals surface area contributed by atoms with Gasteiger partial charge in [0.25, 0.3) is 0 Å². The first kappa shape index (κ1) is 12.1. The van der Waals surface area contributed by atoms with Crippen LogP contribution in [0.1, 0.15) is 32.6 Å². The van der Waals surface area contributed by atoms with E-state index in [-0.39, 0.29) is 0 Å². The maximum Gasteiger partial charge on any atom is 0.134 e. The molecule has 1 fully saturated rings. The second kappa shape index (κ2) is 5.34. The fourth-order valence-corrected chi connectivity index (χ4v) is 2.62. The molecule has 0 aliphatic heterocycles. The Balaban J connectivity index is 2.09. The first-order valence-electron chi connectivity index (χ1n) is 6.43. The summed E-state index contributed by atoms with van der Waals surface area (Å²) >= 11 is 0. The van der Waals surface area contributed by atoms with Crippen LogP contribution < -0.4 is 10.2 Å². The van der Waals surface area contributed by atoms with Crippen molar-refractivity contribution in [3.8, 4) is 0 Å². The summed E-state index contributed by atoms with van der Waals surface area (Å²) in [5, 5.41) is 3.06. The maximum absolute atomic E-state index is 4.36. The lowest BCUT2D eigenvalue weighted by atomic mass is 9.86. The molecular formula is C13H22N4. The Morgan fingerprint density at radius 3 is 2.88 bits per heavy atom. The number of aromatic nitrogens is 2. The van der Waals surface area contributed by atoms with Crippen molar-refractivity contribution < 1.29 is 0 Å². The number of hydrogen-bond acceptors (Lipinski definition) is 4. The molecule has 2 atom stereocenters. The molecule has 1 aliphatic carbocycles. The summed E-state index contributed by atoms with van der Waals surface area (Å²) in [5.41, 5.74) is 0. The van der Waals surface area contributed by atoms with Crippen molar-refractivity contribution in [3.05, 3.63) is 12.4 Å². The van der Waals surface area contributed by atoms with Gasteiger partial charge in [-0.05, 0) is 18.8 Å². The number of nitrogens with zero attached hydrogens (tertiary/aromatic N) is 3. The molecule has 0 bridgehead atoms. The molecule has 0 saturated heterocycles. The summed E-state index contributed by atoms with van der Waals surface area (Å²) < 4.78 is 0. The Morgan fingerprint density at radius 1 is 1.35 bits per heavy atom. The van der Waals surface area contributed by atoms with Crippen LogP contribution in [0.15, 0.2) is 12.4 Å². The van der Waals surface area contributed by atoms with E-state index >= 15 is 0 Å². The highest BCUT2D eigenvalue weighted by Crippen LogP contribution is 2.29. The zero-order valence-electron chi connectivity index (χ0n) is 11.0. The van der Waals surface area contributed by atoms with Crippen LogP contribution in [0.3, 0.4) is 0 Å². The fourth-order valence-electron chi connectivity index (χ4n) is 2.62. The van der Waals surface area contributed by atoms with E-state index in [1.54, 1.807) is 6.33 Å². The number of rotatable bonds is 3. The predicted octanol–water partition coefficient (Wildman–Crippen LogP) is 2.53. The van der Waals surface area contributed by atoms with E-state index in [9.17, 15) is 0 Å². The van der Waals surface area contributed by atoms with E-state index in [1.807, 2.05) is 13.1 Å². The summed E-state index contributed by atoms with van der Waals surface area (Å²) in [7, 11) is 4.03. The minimum absolute atomic E-state index is 0.623. The Labute approximate surface area is 103 Å². The van der Waals surface area contributed by atoms with Gasteiger partial charge >= 0.3 is 0 Å². The molecule has 0 amide bonds. The van der Waals surface area contributed by atoms with Crippen molar-refractivity contribution in [1.29, 1.82) is 0 Å². The zero-order chi connectivity index (χ0) is 12.3. The van der Waals surface area contributed by atoms with Gasteiger partial charge in [0.2, 0.25) is 0 Å². The van der Waals surface area contributed by atoms with E-state index < -0.39 is 0 Å². The minimum Gasteiger partial charge on any atom is -0.373 e. The van der Waals surface area contributed by atoms with Gasteiger partial charge in [-0.25, -0.2) is 9.97 Å². The number of nitrogens with one attached hydrogen (secondary N) is 1. The highest BCUT2D eigenvalue weighted by Gasteiger charge is 2.23. The molecule has 0 radical (unpaired) electrons. The van der Waals surface area contributed by atoms with E-state index in [0.29, 0.717) is 6.04 Å². The molecular weight excluding hydrogens is 212 g/mol. The molecule has 2 unspecified atom stereocenters. The van der Waals surface area contributed by atoms with Crippen LogP contribution >= 0.6 is 0 Å². The molecule has 0 aromatic carbocycles. The number of hydrogen-bond donors (Lipinski definition) is 1. The van der Waals surface area contributed by atoms with Gasteiger partial charge in [-0.1, -0.05) is 19.8 Å². The summed E-state index contributed by atoms with van der Waals surface area (Å²) in [6, 6.07) is 2.64. The molecule has 2 rings (SSSR count). The highest BCUT2D eigenvalue weighted by atomic mass is 15.2. The lowest BCUT2D eigenvalue weighted by molar-refractivity contribution is 0.335. The smallest absolute Gasteiger partial charge is 0.134 e. The standard InChI is InChI=1S/C13H22N4/c1-10-5-4-6-11(7-10)17(3)13-8-12(14-2)15-9-16-13/h8-11H,4-7H2,1-3H3,(H,14,15,16). The summed E-state index contributed by atoms with van der Waals surface area (Å²) in [6.07, 6.45) is 6.88. The van der Waals surface area contributed by atoms with Crippen LogP contribution in [0.25, 0.3) is 0 Å². The summed E-state index contributed by atoms with van der Waals surface area (Å²) in [6.45, 7) is 2.35. The summed E-state index contributed by atoms with van der Waals surface area (Å²) in [5.74, 6) is 2.73. The lowest BCUT2D eigenvalue weighted by Gasteiger charge is -2.34. The van der Waals surface area contributed by atoms with Crippen molar-refractivity contribution in [3.63, 3.8) is 0 Å². The van der Waals surface area contributed by atoms with Crippen molar-refractivity contribution in [2.24, 2.45) is 5.92 Å². The molecule has 1 aromatic rings. The second-order valence-electron chi connectivity index (χ2n) is 5.05. The second-order valence-corrected chi connectivity index (χ2v) is 5.05. The monoisotopic (exact) mass is 234 g/mol. The predicted molar refractivity (Wildman–Crippen MR) is 71.4 cm³/mol. The SMILES string of the molecule is CNc1cc(N(C)C2CCCC(C)C2)ncn1. The average Bonchev–Trinajstić information content (AvgIpc) is 2.38. The lowest BCUT2D eigenvalue weighted by Crippen LogP contribution is -2.36. The van der Waals surface area contributed by atoms with Crippen LogP contribution in [-0.2, 0) is 0 Å². The Kier molecular flexibility index (Phi) is 3.82. The number of anilines is 2. The average molecular weight is 234 g/mol. The molecule has 17 heavy (non-hydrogen) atoms. The van der Waals surface area contributed by atoms with Gasteiger partial charge in [0.05, 0.1) is 0 Å². The minimum atomic E-state index is 0.623. The van der Waals surface area contributed by atoms with Crippen molar-refractivity contribution in [2.45, 2.75) is 38.6 Å². The topological polar surface area (TPSA) is 41.0 Å². The molecule has 1 saturated carbocycles. The van der Waals surface area contributed by atoms with Crippen molar-refractivity contribution in [1.82, 2.24) is 9.97 Å². The van der Waals surface area contributed by atoms with Crippen LogP contribution in [-0.4, -0.2) is 30.1 Å². The molecule has 1 N–H and O–H groups in total. The molecule has 94 valence electrons. The first-order chi connectivity index (χ1) is 8.20. The van der Waals surface area contributed by atoms with Crippen LogP contribution in [0.2, 0.25) is 0 Å². The van der Waals surface area contributed by atoms with Crippen LogP contribution in [0, 0.1) is 5.92 Å². The van der Waals surface area contributed by atoms with Crippen molar-refractivity contribution >= 4 is 11.6 Å². The van der Waals surface area contributed by atoms with Crippen molar-refractivity contribution in [2.75, 3.05) is 24.3 Å². The molecule has 1 aromatic heterocycles. The van der Waals surface area contributed by atoms with E-state index in [4.69, 9.17) is 0 Å². The fraction of sp³-hybridized carbons (Fsp3) is 0.692. The Hall–Kier alpha value is -1.32. The van der Waals surface area contributed by atoms with Gasteiger partial charge in [-0.15, -0.1) is 0 Å². The van der Waals surface area contributed by atoms with Gasteiger partial charge in [0.15, 0.2) is 0 Å². The highest BCUT2D eigenvalue weighted by molar-refractivity contribution is 5.48.